The van der Waals surface area contributed by atoms with Gasteiger partial charge < -0.3 is 5.11 Å². The van der Waals surface area contributed by atoms with Gasteiger partial charge in [-0.1, -0.05) is 11.6 Å². The van der Waals surface area contributed by atoms with E-state index in [9.17, 15) is 13.5 Å². The third-order valence-corrected chi connectivity index (χ3v) is 5.03. The molecule has 7 heteroatoms. The molecule has 18 heavy (non-hydrogen) atoms. The minimum Gasteiger partial charge on any atom is -0.389 e. The van der Waals surface area contributed by atoms with Crippen LogP contribution >= 0.6 is 11.6 Å². The van der Waals surface area contributed by atoms with Crippen molar-refractivity contribution < 1.29 is 13.5 Å². The van der Waals surface area contributed by atoms with E-state index >= 15 is 0 Å². The molecule has 0 aromatic carbocycles. The Bertz CT molecular complexity index is 535. The Morgan fingerprint density at radius 3 is 2.33 bits per heavy atom. The summed E-state index contributed by atoms with van der Waals surface area (Å²) < 4.78 is 26.8. The SMILES string of the molecule is CC(C)(O)C(C)(C)NS(=O)(=O)c1cccnc1Cl. The van der Waals surface area contributed by atoms with Crippen molar-refractivity contribution >= 4 is 21.6 Å². The number of rotatable bonds is 4. The van der Waals surface area contributed by atoms with E-state index < -0.39 is 21.2 Å². The number of aliphatic hydroxyl groups is 1. The minimum absolute atomic E-state index is 0.100. The molecule has 1 aromatic rings. The Morgan fingerprint density at radius 2 is 1.89 bits per heavy atom. The van der Waals surface area contributed by atoms with Crippen LogP contribution in [0.4, 0.5) is 0 Å². The molecule has 0 spiro atoms. The van der Waals surface area contributed by atoms with E-state index in [4.69, 9.17) is 11.6 Å². The van der Waals surface area contributed by atoms with Crippen molar-refractivity contribution in [3.63, 3.8) is 0 Å². The van der Waals surface area contributed by atoms with E-state index in [1.54, 1.807) is 13.8 Å². The van der Waals surface area contributed by atoms with Crippen LogP contribution in [0.15, 0.2) is 23.2 Å². The molecule has 0 aliphatic heterocycles. The molecule has 0 aliphatic carbocycles. The Labute approximate surface area is 112 Å². The third kappa shape index (κ3) is 3.20. The van der Waals surface area contributed by atoms with Gasteiger partial charge in [0, 0.05) is 6.20 Å². The molecule has 0 saturated carbocycles. The fourth-order valence-corrected chi connectivity index (χ4v) is 3.08. The summed E-state index contributed by atoms with van der Waals surface area (Å²) in [5.74, 6) is 0. The number of aromatic nitrogens is 1. The molecule has 0 aliphatic rings. The summed E-state index contributed by atoms with van der Waals surface area (Å²) in [6.07, 6.45) is 1.41. The average Bonchev–Trinajstić information content (AvgIpc) is 2.14. The predicted molar refractivity (Wildman–Crippen MR) is 69.9 cm³/mol. The molecule has 0 fully saturated rings. The Balaban J connectivity index is 3.16. The highest BCUT2D eigenvalue weighted by molar-refractivity contribution is 7.89. The van der Waals surface area contributed by atoms with Gasteiger partial charge >= 0.3 is 0 Å². The standard InChI is InChI=1S/C11H17ClN2O3S/c1-10(2,11(3,4)15)14-18(16,17)8-6-5-7-13-9(8)12/h5-7,14-15H,1-4H3. The Hall–Kier alpha value is -0.690. The van der Waals surface area contributed by atoms with Crippen molar-refractivity contribution in [3.8, 4) is 0 Å². The topological polar surface area (TPSA) is 79.3 Å². The number of nitrogens with zero attached hydrogens (tertiary/aromatic N) is 1. The van der Waals surface area contributed by atoms with Crippen LogP contribution < -0.4 is 4.72 Å². The third-order valence-electron chi connectivity index (χ3n) is 2.93. The van der Waals surface area contributed by atoms with Crippen LogP contribution in [0.3, 0.4) is 0 Å². The second-order valence-electron chi connectivity index (χ2n) is 5.08. The summed E-state index contributed by atoms with van der Waals surface area (Å²) in [5.41, 5.74) is -2.28. The van der Waals surface area contributed by atoms with Gasteiger partial charge in [-0.05, 0) is 39.8 Å². The molecule has 0 atom stereocenters. The first-order valence-electron chi connectivity index (χ1n) is 5.34. The summed E-state index contributed by atoms with van der Waals surface area (Å²) >= 11 is 5.76. The fourth-order valence-electron chi connectivity index (χ4n) is 1.09. The van der Waals surface area contributed by atoms with Gasteiger partial charge in [0.15, 0.2) is 0 Å². The van der Waals surface area contributed by atoms with Gasteiger partial charge in [-0.15, -0.1) is 0 Å². The quantitative estimate of drug-likeness (QED) is 0.826. The molecular formula is C11H17ClN2O3S. The molecule has 0 bridgehead atoms. The lowest BCUT2D eigenvalue weighted by molar-refractivity contribution is 0.00638. The van der Waals surface area contributed by atoms with Crippen LogP contribution in [-0.4, -0.2) is 29.6 Å². The van der Waals surface area contributed by atoms with Crippen molar-refractivity contribution in [1.82, 2.24) is 9.71 Å². The van der Waals surface area contributed by atoms with Gasteiger partial charge in [0.05, 0.1) is 11.1 Å². The maximum atomic E-state index is 12.2. The molecule has 5 nitrogen and oxygen atoms in total. The number of hydrogen-bond acceptors (Lipinski definition) is 4. The van der Waals surface area contributed by atoms with E-state index in [0.29, 0.717) is 0 Å². The monoisotopic (exact) mass is 292 g/mol. The highest BCUT2D eigenvalue weighted by Gasteiger charge is 2.39. The zero-order chi connectivity index (χ0) is 14.2. The van der Waals surface area contributed by atoms with Gasteiger partial charge in [0.25, 0.3) is 0 Å². The van der Waals surface area contributed by atoms with Crippen LogP contribution in [0.5, 0.6) is 0 Å². The molecule has 1 aromatic heterocycles. The highest BCUT2D eigenvalue weighted by Crippen LogP contribution is 2.25. The molecule has 1 rings (SSSR count). The maximum Gasteiger partial charge on any atom is 0.244 e. The number of sulfonamides is 1. The molecule has 2 N–H and O–H groups in total. The highest BCUT2D eigenvalue weighted by atomic mass is 35.5. The summed E-state index contributed by atoms with van der Waals surface area (Å²) in [4.78, 5) is 3.61. The second-order valence-corrected chi connectivity index (χ2v) is 7.09. The number of pyridine rings is 1. The van der Waals surface area contributed by atoms with Gasteiger partial charge in [0.2, 0.25) is 10.0 Å². The summed E-state index contributed by atoms with van der Waals surface area (Å²) in [5, 5.41) is 9.85. The maximum absolute atomic E-state index is 12.2. The lowest BCUT2D eigenvalue weighted by Crippen LogP contribution is -2.57. The van der Waals surface area contributed by atoms with Crippen molar-refractivity contribution in [1.29, 1.82) is 0 Å². The summed E-state index contributed by atoms with van der Waals surface area (Å²) in [6, 6.07) is 2.84. The first kappa shape index (κ1) is 15.4. The lowest BCUT2D eigenvalue weighted by atomic mass is 9.87. The van der Waals surface area contributed by atoms with E-state index in [0.717, 1.165) is 0 Å². The largest absolute Gasteiger partial charge is 0.389 e. The molecule has 0 saturated heterocycles. The summed E-state index contributed by atoms with van der Waals surface area (Å²) in [7, 11) is -3.84. The molecule has 1 heterocycles. The fraction of sp³-hybridized carbons (Fsp3) is 0.545. The number of hydrogen-bond donors (Lipinski definition) is 2. The zero-order valence-corrected chi connectivity index (χ0v) is 12.3. The molecule has 0 unspecified atom stereocenters. The van der Waals surface area contributed by atoms with Crippen LogP contribution in [0.25, 0.3) is 0 Å². The van der Waals surface area contributed by atoms with E-state index in [2.05, 4.69) is 9.71 Å². The first-order valence-corrected chi connectivity index (χ1v) is 7.20. The van der Waals surface area contributed by atoms with Crippen LogP contribution in [0.2, 0.25) is 5.15 Å². The molecule has 0 amide bonds. The van der Waals surface area contributed by atoms with Gasteiger partial charge in [-0.3, -0.25) is 0 Å². The summed E-state index contributed by atoms with van der Waals surface area (Å²) in [6.45, 7) is 6.24. The first-order chi connectivity index (χ1) is 7.97. The Kier molecular flexibility index (Phi) is 4.07. The van der Waals surface area contributed by atoms with Crippen LogP contribution in [-0.2, 0) is 10.0 Å². The number of nitrogens with one attached hydrogen (secondary N) is 1. The lowest BCUT2D eigenvalue weighted by Gasteiger charge is -2.37. The van der Waals surface area contributed by atoms with E-state index in [1.807, 2.05) is 0 Å². The van der Waals surface area contributed by atoms with Crippen molar-refractivity contribution in [2.45, 2.75) is 43.7 Å². The van der Waals surface area contributed by atoms with Crippen molar-refractivity contribution in [2.75, 3.05) is 0 Å². The minimum atomic E-state index is -3.84. The van der Waals surface area contributed by atoms with Gasteiger partial charge in [0.1, 0.15) is 10.0 Å². The normalized spacial score (nSPS) is 13.7. The van der Waals surface area contributed by atoms with Crippen LogP contribution in [0.1, 0.15) is 27.7 Å². The smallest absolute Gasteiger partial charge is 0.244 e. The van der Waals surface area contributed by atoms with Crippen LogP contribution in [0, 0.1) is 0 Å². The van der Waals surface area contributed by atoms with Gasteiger partial charge in [-0.25, -0.2) is 18.1 Å². The number of halogens is 1. The van der Waals surface area contributed by atoms with E-state index in [1.165, 1.54) is 32.2 Å². The average molecular weight is 293 g/mol. The molecule has 102 valence electrons. The van der Waals surface area contributed by atoms with Crippen molar-refractivity contribution in [3.05, 3.63) is 23.5 Å². The van der Waals surface area contributed by atoms with E-state index in [-0.39, 0.29) is 10.0 Å². The van der Waals surface area contributed by atoms with Gasteiger partial charge in [-0.2, -0.15) is 0 Å². The molecular weight excluding hydrogens is 276 g/mol. The molecule has 0 radical (unpaired) electrons. The Morgan fingerprint density at radius 1 is 1.33 bits per heavy atom. The second kappa shape index (κ2) is 4.77. The predicted octanol–water partition coefficient (Wildman–Crippen LogP) is 1.56. The van der Waals surface area contributed by atoms with Crippen molar-refractivity contribution in [2.24, 2.45) is 0 Å². The zero-order valence-electron chi connectivity index (χ0n) is 10.7.